The molecule has 3 aliphatic rings. The number of nitrogen functional groups attached to an aromatic ring is 1. The molecule has 2 saturated heterocycles. The molecule has 0 aliphatic carbocycles. The summed E-state index contributed by atoms with van der Waals surface area (Å²) in [5, 5.41) is 41.5. The minimum atomic E-state index is -1.47. The van der Waals surface area contributed by atoms with E-state index >= 15 is 0 Å². The molecule has 330 valence electrons. The summed E-state index contributed by atoms with van der Waals surface area (Å²) in [6.45, 7) is 1.74. The number of ether oxygens (including phenoxy) is 5. The number of carbonyl (C=O) groups excluding carboxylic acids is 5. The van der Waals surface area contributed by atoms with Crippen molar-refractivity contribution < 1.29 is 63.0 Å². The summed E-state index contributed by atoms with van der Waals surface area (Å²) in [6.07, 6.45) is -3.65. The van der Waals surface area contributed by atoms with Gasteiger partial charge in [-0.15, -0.1) is 0 Å². The maximum atomic E-state index is 13.2. The van der Waals surface area contributed by atoms with Crippen molar-refractivity contribution in [3.63, 3.8) is 0 Å². The topological polar surface area (TPSA) is 288 Å². The van der Waals surface area contributed by atoms with Crippen LogP contribution >= 0.6 is 11.6 Å². The number of aromatic nitrogens is 3. The molecule has 0 bridgehead atoms. The Morgan fingerprint density at radius 2 is 1.71 bits per heavy atom. The molecule has 0 saturated carbocycles. The van der Waals surface area contributed by atoms with Crippen molar-refractivity contribution >= 4 is 63.7 Å². The number of hydrogen-bond acceptors (Lipinski definition) is 17. The summed E-state index contributed by atoms with van der Waals surface area (Å²) in [6, 6.07) is 9.83. The molecule has 5 heterocycles. The lowest BCUT2D eigenvalue weighted by atomic mass is 9.99. The lowest BCUT2D eigenvalue weighted by Crippen LogP contribution is -2.54. The number of anilines is 2. The van der Waals surface area contributed by atoms with Crippen LogP contribution < -0.4 is 26.4 Å². The molecule has 21 nitrogen and oxygen atoms in total. The van der Waals surface area contributed by atoms with Gasteiger partial charge in [0.05, 0.1) is 61.2 Å². The molecule has 7 rings (SSSR count). The fourth-order valence-electron chi connectivity index (χ4n) is 7.30. The Kier molecular flexibility index (Phi) is 14.2. The minimum absolute atomic E-state index is 0.0376. The Morgan fingerprint density at radius 1 is 0.968 bits per heavy atom. The van der Waals surface area contributed by atoms with Gasteiger partial charge in [-0.25, -0.2) is 9.97 Å². The first-order valence-corrected chi connectivity index (χ1v) is 20.1. The van der Waals surface area contributed by atoms with Gasteiger partial charge in [-0.2, -0.15) is 0 Å². The van der Waals surface area contributed by atoms with Gasteiger partial charge in [0.1, 0.15) is 54.0 Å². The number of benzene rings is 2. The van der Waals surface area contributed by atoms with Crippen LogP contribution in [0.1, 0.15) is 51.5 Å². The first-order valence-electron chi connectivity index (χ1n) is 19.7. The van der Waals surface area contributed by atoms with E-state index in [1.165, 1.54) is 35.2 Å². The van der Waals surface area contributed by atoms with Crippen molar-refractivity contribution in [2.75, 3.05) is 70.4 Å². The second-order valence-corrected chi connectivity index (χ2v) is 14.8. The van der Waals surface area contributed by atoms with E-state index in [4.69, 9.17) is 41.0 Å². The third-order valence-electron chi connectivity index (χ3n) is 10.4. The van der Waals surface area contributed by atoms with E-state index in [0.717, 1.165) is 4.90 Å². The van der Waals surface area contributed by atoms with Gasteiger partial charge in [0, 0.05) is 31.4 Å². The second-order valence-electron chi connectivity index (χ2n) is 14.4. The van der Waals surface area contributed by atoms with Crippen LogP contribution in [0, 0.1) is 0 Å². The van der Waals surface area contributed by atoms with Crippen LogP contribution in [0.2, 0.25) is 5.02 Å². The highest BCUT2D eigenvalue weighted by atomic mass is 35.5. The third-order valence-corrected chi connectivity index (χ3v) is 10.7. The zero-order chi connectivity index (χ0) is 43.9. The Morgan fingerprint density at radius 3 is 2.47 bits per heavy atom. The molecule has 62 heavy (non-hydrogen) atoms. The number of fused-ring (bicyclic) bond motifs is 2. The molecule has 2 aromatic heterocycles. The predicted molar refractivity (Wildman–Crippen MR) is 217 cm³/mol. The highest BCUT2D eigenvalue weighted by Crippen LogP contribution is 2.39. The number of amides is 5. The number of imide groups is 2. The number of nitrogens with two attached hydrogens (primary N) is 1. The summed E-state index contributed by atoms with van der Waals surface area (Å²) in [5.41, 5.74) is 7.35. The number of aliphatic hydroxyl groups is 3. The van der Waals surface area contributed by atoms with Crippen molar-refractivity contribution in [2.24, 2.45) is 0 Å². The number of hydrogen-bond donors (Lipinski definition) is 7. The molecule has 2 fully saturated rings. The van der Waals surface area contributed by atoms with Crippen LogP contribution in [0.4, 0.5) is 11.5 Å². The zero-order valence-electron chi connectivity index (χ0n) is 33.1. The van der Waals surface area contributed by atoms with Crippen LogP contribution in [0.15, 0.2) is 55.0 Å². The molecule has 2 aromatic carbocycles. The Hall–Kier alpha value is -5.78. The fourth-order valence-corrected chi connectivity index (χ4v) is 7.47. The van der Waals surface area contributed by atoms with Crippen molar-refractivity contribution in [3.05, 3.63) is 76.7 Å². The molecule has 5 amide bonds. The quantitative estimate of drug-likeness (QED) is 0.0457. The first kappa shape index (κ1) is 44.3. The average molecular weight is 881 g/mol. The van der Waals surface area contributed by atoms with Crippen LogP contribution in [0.5, 0.6) is 5.75 Å². The van der Waals surface area contributed by atoms with Gasteiger partial charge in [-0.3, -0.25) is 34.2 Å². The Labute approximate surface area is 358 Å². The van der Waals surface area contributed by atoms with Gasteiger partial charge in [0.2, 0.25) is 11.8 Å². The summed E-state index contributed by atoms with van der Waals surface area (Å²) in [7, 11) is 0. The van der Waals surface area contributed by atoms with Gasteiger partial charge in [-0.1, -0.05) is 23.7 Å². The maximum absolute atomic E-state index is 13.2. The standard InChI is InChI=1S/C40H45ClN8O13/c41-24-5-4-21(31(52)34-32(53)33(54)40(62-34)48-11-8-23-35(42)45-20-46-36(23)48)18-27(24)61-19-29(51)44-10-13-59-15-17-60-16-14-58-12-9-43-25-3-1-2-22-30(25)39(57)49(38(22)56)26-6-7-28(50)47-37(26)55/h1-5,8,11,18,20,26,31-34,40,43,52-54H,6-7,9-10,12-17,19H2,(H,44,51)(H2,42,45,46)(H,47,50,55)/t26?,31-,32+,33-,34-,40-/m1/s1. The van der Waals surface area contributed by atoms with Gasteiger partial charge < -0.3 is 59.9 Å². The third kappa shape index (κ3) is 9.64. The molecule has 1 unspecified atom stereocenters. The lowest BCUT2D eigenvalue weighted by Gasteiger charge is -2.27. The summed E-state index contributed by atoms with van der Waals surface area (Å²) in [5.74, 6) is -2.40. The number of nitrogens with one attached hydrogen (secondary N) is 3. The Balaban J connectivity index is 0.743. The van der Waals surface area contributed by atoms with E-state index in [0.29, 0.717) is 29.9 Å². The number of nitrogens with zero attached hydrogens (tertiary/aromatic N) is 4. The van der Waals surface area contributed by atoms with Gasteiger partial charge in [0.25, 0.3) is 17.7 Å². The molecule has 3 aliphatic heterocycles. The van der Waals surface area contributed by atoms with E-state index < -0.39 is 66.2 Å². The lowest BCUT2D eigenvalue weighted by molar-refractivity contribution is -0.136. The van der Waals surface area contributed by atoms with E-state index in [-0.39, 0.29) is 92.3 Å². The molecule has 0 spiro atoms. The summed E-state index contributed by atoms with van der Waals surface area (Å²) in [4.78, 5) is 71.6. The Bertz CT molecular complexity index is 2310. The van der Waals surface area contributed by atoms with Gasteiger partial charge in [0.15, 0.2) is 12.8 Å². The van der Waals surface area contributed by atoms with Crippen LogP contribution in [0.3, 0.4) is 0 Å². The molecule has 6 atom stereocenters. The van der Waals surface area contributed by atoms with E-state index in [9.17, 15) is 39.3 Å². The normalized spacial score (nSPS) is 21.6. The number of aliphatic hydroxyl groups excluding tert-OH is 3. The van der Waals surface area contributed by atoms with E-state index in [1.807, 2.05) is 0 Å². The molecule has 22 heteroatoms. The summed E-state index contributed by atoms with van der Waals surface area (Å²) >= 11 is 6.30. The average Bonchev–Trinajstić information content (AvgIpc) is 3.90. The van der Waals surface area contributed by atoms with E-state index in [2.05, 4.69) is 25.9 Å². The molecule has 4 aromatic rings. The van der Waals surface area contributed by atoms with Gasteiger partial charge in [-0.05, 0) is 42.3 Å². The van der Waals surface area contributed by atoms with Crippen molar-refractivity contribution in [1.29, 1.82) is 0 Å². The van der Waals surface area contributed by atoms with Crippen molar-refractivity contribution in [1.82, 2.24) is 30.1 Å². The van der Waals surface area contributed by atoms with Crippen LogP contribution in [0.25, 0.3) is 11.0 Å². The molecular weight excluding hydrogens is 836 g/mol. The highest BCUT2D eigenvalue weighted by Gasteiger charge is 2.48. The van der Waals surface area contributed by atoms with E-state index in [1.54, 1.807) is 24.4 Å². The molecule has 8 N–H and O–H groups in total. The second kappa shape index (κ2) is 19.9. The predicted octanol–water partition coefficient (Wildman–Crippen LogP) is 0.0778. The maximum Gasteiger partial charge on any atom is 0.264 e. The fraction of sp³-hybridized carbons (Fsp3) is 0.425. The summed E-state index contributed by atoms with van der Waals surface area (Å²) < 4.78 is 29.7. The zero-order valence-corrected chi connectivity index (χ0v) is 33.9. The van der Waals surface area contributed by atoms with Crippen molar-refractivity contribution in [3.8, 4) is 5.75 Å². The van der Waals surface area contributed by atoms with Crippen LogP contribution in [-0.4, -0.2) is 148 Å². The van der Waals surface area contributed by atoms with Crippen molar-refractivity contribution in [2.45, 2.75) is 49.5 Å². The minimum Gasteiger partial charge on any atom is -0.482 e. The largest absolute Gasteiger partial charge is 0.482 e. The van der Waals surface area contributed by atoms with Gasteiger partial charge >= 0.3 is 0 Å². The number of piperidine rings is 1. The number of carbonyl (C=O) groups is 5. The molecule has 0 radical (unpaired) electrons. The SMILES string of the molecule is Nc1ncnc2c1ccn2[C@@H]1O[C@H]([C@H](O)c2ccc(Cl)c(OCC(=O)NCCOCCOCCOCCNc3cccc4c3C(=O)N(C3CCC(=O)NC3=O)C4=O)c2)[C@@H](O)[C@H]1O. The number of rotatable bonds is 20. The molecular formula is C40H45ClN8O13. The highest BCUT2D eigenvalue weighted by molar-refractivity contribution is 6.32. The first-order chi connectivity index (χ1) is 29.9. The number of halogens is 1. The monoisotopic (exact) mass is 880 g/mol. The van der Waals surface area contributed by atoms with Crippen LogP contribution in [-0.2, 0) is 33.3 Å². The smallest absolute Gasteiger partial charge is 0.264 e.